The van der Waals surface area contributed by atoms with Crippen LogP contribution in [0.2, 0.25) is 5.02 Å². The zero-order valence-corrected chi connectivity index (χ0v) is 17.7. The van der Waals surface area contributed by atoms with Gasteiger partial charge in [0.2, 0.25) is 5.95 Å². The van der Waals surface area contributed by atoms with E-state index in [1.54, 1.807) is 42.5 Å². The molecule has 1 amide bonds. The van der Waals surface area contributed by atoms with Gasteiger partial charge in [0.05, 0.1) is 22.5 Å². The highest BCUT2D eigenvalue weighted by Gasteiger charge is 2.19. The Bertz CT molecular complexity index is 1420. The molecular formula is C24H18ClN5O2. The largest absolute Gasteiger partial charge is 0.508 e. The van der Waals surface area contributed by atoms with Crippen molar-refractivity contribution in [2.75, 3.05) is 5.73 Å². The molecule has 158 valence electrons. The van der Waals surface area contributed by atoms with Crippen LogP contribution in [0.4, 0.5) is 5.95 Å². The predicted octanol–water partition coefficient (Wildman–Crippen LogP) is 3.89. The van der Waals surface area contributed by atoms with Crippen LogP contribution in [0.1, 0.15) is 27.0 Å². The van der Waals surface area contributed by atoms with Gasteiger partial charge in [-0.3, -0.25) is 4.79 Å². The van der Waals surface area contributed by atoms with Crippen LogP contribution in [0.5, 0.6) is 5.75 Å². The summed E-state index contributed by atoms with van der Waals surface area (Å²) in [7, 11) is 0. The summed E-state index contributed by atoms with van der Waals surface area (Å²) in [5.74, 6) is 5.54. The summed E-state index contributed by atoms with van der Waals surface area (Å²) in [6.45, 7) is 1.91. The summed E-state index contributed by atoms with van der Waals surface area (Å²) in [5.41, 5.74) is 16.0. The number of nitrogens with two attached hydrogens (primary N) is 2. The molecule has 4 aromatic rings. The molecule has 0 spiro atoms. The quantitative estimate of drug-likeness (QED) is 0.357. The number of phenols is 1. The van der Waals surface area contributed by atoms with Crippen molar-refractivity contribution in [2.45, 2.75) is 6.92 Å². The maximum Gasteiger partial charge on any atom is 0.250 e. The van der Waals surface area contributed by atoms with E-state index in [0.29, 0.717) is 33.2 Å². The lowest BCUT2D eigenvalue weighted by Gasteiger charge is -2.07. The predicted molar refractivity (Wildman–Crippen MR) is 124 cm³/mol. The van der Waals surface area contributed by atoms with Gasteiger partial charge in [0.1, 0.15) is 11.4 Å². The number of aromatic amines is 1. The molecule has 6 N–H and O–H groups in total. The first-order chi connectivity index (χ1) is 15.3. The van der Waals surface area contributed by atoms with E-state index in [4.69, 9.17) is 23.1 Å². The molecule has 4 rings (SSSR count). The summed E-state index contributed by atoms with van der Waals surface area (Å²) in [4.78, 5) is 23.8. The second-order valence-electron chi connectivity index (χ2n) is 7.09. The Morgan fingerprint density at radius 1 is 1.16 bits per heavy atom. The van der Waals surface area contributed by atoms with E-state index in [-0.39, 0.29) is 17.3 Å². The summed E-state index contributed by atoms with van der Waals surface area (Å²) in [5, 5.41) is 10.2. The second kappa shape index (κ2) is 8.46. The standard InChI is InChI=1S/C24H18ClN5O2/c1-13-5-8-16(25)10-18(13)22-19(23(26)32)11-20(29-22)21-15(12-28-24(27)30-21)7-6-14-3-2-4-17(31)9-14/h2-5,8-12,29,31H,1H3,(H2,26,32)(H2,27,28,30). The minimum atomic E-state index is -0.601. The molecule has 2 heterocycles. The van der Waals surface area contributed by atoms with Gasteiger partial charge in [-0.2, -0.15) is 0 Å². The van der Waals surface area contributed by atoms with Crippen LogP contribution in [0.25, 0.3) is 22.6 Å². The number of aromatic nitrogens is 3. The molecule has 0 fully saturated rings. The van der Waals surface area contributed by atoms with Crippen LogP contribution in [-0.4, -0.2) is 26.0 Å². The Balaban J connectivity index is 1.87. The zero-order valence-electron chi connectivity index (χ0n) is 17.0. The summed E-state index contributed by atoms with van der Waals surface area (Å²) in [6, 6.07) is 13.6. The van der Waals surface area contributed by atoms with E-state index >= 15 is 0 Å². The van der Waals surface area contributed by atoms with Crippen LogP contribution in [0, 0.1) is 18.8 Å². The van der Waals surface area contributed by atoms with Crippen molar-refractivity contribution >= 4 is 23.5 Å². The number of hydrogen-bond donors (Lipinski definition) is 4. The van der Waals surface area contributed by atoms with E-state index in [1.807, 2.05) is 13.0 Å². The van der Waals surface area contributed by atoms with Crippen LogP contribution in [-0.2, 0) is 0 Å². The Kier molecular flexibility index (Phi) is 5.54. The fraction of sp³-hybridized carbons (Fsp3) is 0.0417. The number of nitrogen functional groups attached to an aromatic ring is 1. The number of aromatic hydroxyl groups is 1. The van der Waals surface area contributed by atoms with Gasteiger partial charge in [0.15, 0.2) is 0 Å². The number of anilines is 1. The van der Waals surface area contributed by atoms with Gasteiger partial charge in [-0.1, -0.05) is 35.6 Å². The van der Waals surface area contributed by atoms with Gasteiger partial charge >= 0.3 is 0 Å². The van der Waals surface area contributed by atoms with Crippen LogP contribution in [0.3, 0.4) is 0 Å². The maximum atomic E-state index is 12.2. The lowest BCUT2D eigenvalue weighted by Crippen LogP contribution is -2.11. The van der Waals surface area contributed by atoms with Gasteiger partial charge in [-0.25, -0.2) is 9.97 Å². The van der Waals surface area contributed by atoms with Crippen molar-refractivity contribution in [1.82, 2.24) is 15.0 Å². The van der Waals surface area contributed by atoms with Crippen LogP contribution >= 0.6 is 11.6 Å². The minimum absolute atomic E-state index is 0.0543. The normalized spacial score (nSPS) is 10.4. The average molecular weight is 444 g/mol. The van der Waals surface area contributed by atoms with Gasteiger partial charge in [-0.05, 0) is 48.9 Å². The van der Waals surface area contributed by atoms with Gasteiger partial charge < -0.3 is 21.6 Å². The first-order valence-electron chi connectivity index (χ1n) is 9.55. The summed E-state index contributed by atoms with van der Waals surface area (Å²) >= 11 is 6.18. The van der Waals surface area contributed by atoms with E-state index in [1.165, 1.54) is 6.20 Å². The number of amides is 1. The zero-order chi connectivity index (χ0) is 22.8. The fourth-order valence-electron chi connectivity index (χ4n) is 3.27. The molecule has 0 aliphatic heterocycles. The van der Waals surface area contributed by atoms with Crippen molar-refractivity contribution in [3.63, 3.8) is 0 Å². The molecule has 0 saturated heterocycles. The molecule has 2 aromatic heterocycles. The monoisotopic (exact) mass is 443 g/mol. The Morgan fingerprint density at radius 2 is 1.97 bits per heavy atom. The number of halogens is 1. The fourth-order valence-corrected chi connectivity index (χ4v) is 3.44. The van der Waals surface area contributed by atoms with Crippen molar-refractivity contribution in [3.8, 4) is 40.2 Å². The molecular weight excluding hydrogens is 426 g/mol. The Labute approximate surface area is 189 Å². The van der Waals surface area contributed by atoms with Gasteiger partial charge in [0, 0.05) is 22.3 Å². The first kappa shape index (κ1) is 21.0. The van der Waals surface area contributed by atoms with Crippen molar-refractivity contribution in [3.05, 3.63) is 82.0 Å². The van der Waals surface area contributed by atoms with E-state index in [2.05, 4.69) is 26.8 Å². The molecule has 8 heteroatoms. The van der Waals surface area contributed by atoms with Crippen molar-refractivity contribution in [1.29, 1.82) is 0 Å². The Morgan fingerprint density at radius 3 is 2.72 bits per heavy atom. The number of aryl methyl sites for hydroxylation is 1. The molecule has 2 aromatic carbocycles. The molecule has 7 nitrogen and oxygen atoms in total. The molecule has 0 aliphatic rings. The number of carbonyl (C=O) groups excluding carboxylic acids is 1. The van der Waals surface area contributed by atoms with E-state index in [9.17, 15) is 9.90 Å². The molecule has 0 saturated carbocycles. The number of nitrogens with one attached hydrogen (secondary N) is 1. The van der Waals surface area contributed by atoms with Crippen molar-refractivity contribution < 1.29 is 9.90 Å². The molecule has 0 aliphatic carbocycles. The second-order valence-corrected chi connectivity index (χ2v) is 7.52. The molecule has 0 unspecified atom stereocenters. The lowest BCUT2D eigenvalue weighted by molar-refractivity contribution is 0.100. The first-order valence-corrected chi connectivity index (χ1v) is 9.93. The third kappa shape index (κ3) is 4.26. The van der Waals surface area contributed by atoms with E-state index < -0.39 is 5.91 Å². The number of nitrogens with zero attached hydrogens (tertiary/aromatic N) is 2. The number of benzene rings is 2. The van der Waals surface area contributed by atoms with Crippen LogP contribution in [0.15, 0.2) is 54.7 Å². The molecule has 0 radical (unpaired) electrons. The van der Waals surface area contributed by atoms with E-state index in [0.717, 1.165) is 11.1 Å². The van der Waals surface area contributed by atoms with Gasteiger partial charge in [0.25, 0.3) is 5.91 Å². The summed E-state index contributed by atoms with van der Waals surface area (Å²) < 4.78 is 0. The number of rotatable bonds is 3. The maximum absolute atomic E-state index is 12.2. The SMILES string of the molecule is Cc1ccc(Cl)cc1-c1[nH]c(-c2nc(N)ncc2C#Cc2cccc(O)c2)cc1C(N)=O. The molecule has 0 atom stereocenters. The number of carbonyl (C=O) groups is 1. The Hall–Kier alpha value is -4.28. The average Bonchev–Trinajstić information content (AvgIpc) is 3.20. The molecule has 0 bridgehead atoms. The highest BCUT2D eigenvalue weighted by molar-refractivity contribution is 6.31. The number of primary amides is 1. The third-order valence-electron chi connectivity index (χ3n) is 4.80. The highest BCUT2D eigenvalue weighted by Crippen LogP contribution is 2.33. The molecule has 32 heavy (non-hydrogen) atoms. The smallest absolute Gasteiger partial charge is 0.250 e. The number of hydrogen-bond acceptors (Lipinski definition) is 5. The van der Waals surface area contributed by atoms with Crippen LogP contribution < -0.4 is 11.5 Å². The topological polar surface area (TPSA) is 131 Å². The minimum Gasteiger partial charge on any atom is -0.508 e. The highest BCUT2D eigenvalue weighted by atomic mass is 35.5. The number of H-pyrrole nitrogens is 1. The number of phenolic OH excluding ortho intramolecular Hbond substituents is 1. The summed E-state index contributed by atoms with van der Waals surface area (Å²) in [6.07, 6.45) is 1.50. The third-order valence-corrected chi connectivity index (χ3v) is 5.04. The lowest BCUT2D eigenvalue weighted by atomic mass is 10.0. The van der Waals surface area contributed by atoms with Crippen molar-refractivity contribution in [2.24, 2.45) is 5.73 Å². The van der Waals surface area contributed by atoms with Gasteiger partial charge in [-0.15, -0.1) is 0 Å².